The second-order valence-electron chi connectivity index (χ2n) is 5.17. The summed E-state index contributed by atoms with van der Waals surface area (Å²) >= 11 is 0. The van der Waals surface area contributed by atoms with Crippen LogP contribution in [0.25, 0.3) is 0 Å². The molecule has 0 aliphatic rings. The van der Waals surface area contributed by atoms with Crippen molar-refractivity contribution in [1.82, 2.24) is 9.88 Å². The summed E-state index contributed by atoms with van der Waals surface area (Å²) in [7, 11) is -3.81. The molecule has 1 aromatic heterocycles. The van der Waals surface area contributed by atoms with Gasteiger partial charge in [-0.25, -0.2) is 13.1 Å². The van der Waals surface area contributed by atoms with Crippen LogP contribution >= 0.6 is 0 Å². The third-order valence-electron chi connectivity index (χ3n) is 2.86. The highest BCUT2D eigenvalue weighted by atomic mass is 32.2. The Bertz CT molecular complexity index is 557. The topological polar surface area (TPSA) is 110 Å². The SMILES string of the molecule is Cc1noc(C)c1S(=O)(=O)NCC(CC(C)C)C(=O)O. The van der Waals surface area contributed by atoms with Gasteiger partial charge in [0, 0.05) is 6.54 Å². The van der Waals surface area contributed by atoms with Gasteiger partial charge in [0.2, 0.25) is 10.0 Å². The van der Waals surface area contributed by atoms with Crippen LogP contribution < -0.4 is 4.72 Å². The van der Waals surface area contributed by atoms with Crippen molar-refractivity contribution < 1.29 is 22.8 Å². The van der Waals surface area contributed by atoms with Crippen LogP contribution in [0.1, 0.15) is 31.7 Å². The molecule has 0 saturated heterocycles. The van der Waals surface area contributed by atoms with Crippen molar-refractivity contribution in [3.05, 3.63) is 11.5 Å². The number of aromatic nitrogens is 1. The number of hydrogen-bond donors (Lipinski definition) is 2. The lowest BCUT2D eigenvalue weighted by Crippen LogP contribution is -2.34. The molecule has 1 unspecified atom stereocenters. The smallest absolute Gasteiger partial charge is 0.307 e. The maximum atomic E-state index is 12.1. The Labute approximate surface area is 118 Å². The lowest BCUT2D eigenvalue weighted by Gasteiger charge is -2.15. The first kappa shape index (κ1) is 16.6. The number of carboxylic acid groups (broad SMARTS) is 1. The Morgan fingerprint density at radius 2 is 2.00 bits per heavy atom. The molecule has 0 fully saturated rings. The molecule has 0 amide bonds. The first-order chi connectivity index (χ1) is 9.15. The Morgan fingerprint density at radius 3 is 2.40 bits per heavy atom. The highest BCUT2D eigenvalue weighted by Gasteiger charge is 2.27. The molecule has 1 atom stereocenters. The molecule has 1 aromatic rings. The van der Waals surface area contributed by atoms with Gasteiger partial charge >= 0.3 is 5.97 Å². The molecule has 0 aliphatic heterocycles. The number of carbonyl (C=O) groups is 1. The van der Waals surface area contributed by atoms with Crippen LogP contribution in [0.4, 0.5) is 0 Å². The van der Waals surface area contributed by atoms with E-state index >= 15 is 0 Å². The lowest BCUT2D eigenvalue weighted by molar-refractivity contribution is -0.142. The summed E-state index contributed by atoms with van der Waals surface area (Å²) in [4.78, 5) is 11.1. The van der Waals surface area contributed by atoms with Crippen molar-refractivity contribution in [3.8, 4) is 0 Å². The number of rotatable bonds is 7. The molecule has 20 heavy (non-hydrogen) atoms. The van der Waals surface area contributed by atoms with Crippen LogP contribution in [-0.4, -0.2) is 31.2 Å². The van der Waals surface area contributed by atoms with Crippen molar-refractivity contribution >= 4 is 16.0 Å². The van der Waals surface area contributed by atoms with Gasteiger partial charge in [0.1, 0.15) is 10.6 Å². The quantitative estimate of drug-likeness (QED) is 0.786. The van der Waals surface area contributed by atoms with E-state index in [1.165, 1.54) is 13.8 Å². The summed E-state index contributed by atoms with van der Waals surface area (Å²) in [5, 5.41) is 12.7. The molecule has 0 aromatic carbocycles. The first-order valence-corrected chi connectivity index (χ1v) is 7.78. The second kappa shape index (κ2) is 6.36. The van der Waals surface area contributed by atoms with Crippen LogP contribution in [0.2, 0.25) is 0 Å². The van der Waals surface area contributed by atoms with E-state index in [0.717, 1.165) is 0 Å². The summed E-state index contributed by atoms with van der Waals surface area (Å²) in [5.74, 6) is -1.42. The zero-order valence-electron chi connectivity index (χ0n) is 12.0. The maximum Gasteiger partial charge on any atom is 0.307 e. The molecule has 2 N–H and O–H groups in total. The molecule has 114 valence electrons. The Balaban J connectivity index is 2.84. The van der Waals surface area contributed by atoms with E-state index in [0.29, 0.717) is 6.42 Å². The van der Waals surface area contributed by atoms with E-state index in [2.05, 4.69) is 9.88 Å². The predicted octanol–water partition coefficient (Wildman–Crippen LogP) is 1.32. The third-order valence-corrected chi connectivity index (χ3v) is 4.53. The molecule has 1 rings (SSSR count). The van der Waals surface area contributed by atoms with Crippen LogP contribution in [-0.2, 0) is 14.8 Å². The lowest BCUT2D eigenvalue weighted by atomic mass is 9.98. The van der Waals surface area contributed by atoms with E-state index in [1.54, 1.807) is 0 Å². The minimum absolute atomic E-state index is 0.0221. The molecule has 8 heteroatoms. The van der Waals surface area contributed by atoms with E-state index in [9.17, 15) is 13.2 Å². The van der Waals surface area contributed by atoms with Crippen molar-refractivity contribution in [2.45, 2.75) is 39.0 Å². The fourth-order valence-electron chi connectivity index (χ4n) is 1.98. The standard InChI is InChI=1S/C12H20N2O5S/c1-7(2)5-10(12(15)16)6-13-20(17,18)11-8(3)14-19-9(11)4/h7,10,13H,5-6H2,1-4H3,(H,15,16). The summed E-state index contributed by atoms with van der Waals surface area (Å²) < 4.78 is 31.4. The van der Waals surface area contributed by atoms with E-state index in [4.69, 9.17) is 9.63 Å². The van der Waals surface area contributed by atoms with Gasteiger partial charge in [-0.1, -0.05) is 19.0 Å². The molecule has 1 heterocycles. The predicted molar refractivity (Wildman–Crippen MR) is 71.7 cm³/mol. The third kappa shape index (κ3) is 4.04. The fourth-order valence-corrected chi connectivity index (χ4v) is 3.39. The molecular weight excluding hydrogens is 284 g/mol. The molecule has 0 radical (unpaired) electrons. The van der Waals surface area contributed by atoms with Crippen molar-refractivity contribution in [1.29, 1.82) is 0 Å². The monoisotopic (exact) mass is 304 g/mol. The van der Waals surface area contributed by atoms with Gasteiger partial charge in [-0.15, -0.1) is 0 Å². The van der Waals surface area contributed by atoms with Gasteiger partial charge in [0.05, 0.1) is 5.92 Å². The van der Waals surface area contributed by atoms with Crippen molar-refractivity contribution in [2.24, 2.45) is 11.8 Å². The zero-order chi connectivity index (χ0) is 15.5. The number of nitrogens with zero attached hydrogens (tertiary/aromatic N) is 1. The molecule has 7 nitrogen and oxygen atoms in total. The molecule has 0 saturated carbocycles. The van der Waals surface area contributed by atoms with Gasteiger partial charge in [-0.3, -0.25) is 4.79 Å². The zero-order valence-corrected chi connectivity index (χ0v) is 12.8. The average molecular weight is 304 g/mol. The maximum absolute atomic E-state index is 12.1. The van der Waals surface area contributed by atoms with Crippen LogP contribution in [0, 0.1) is 25.7 Å². The van der Waals surface area contributed by atoms with Crippen LogP contribution in [0.3, 0.4) is 0 Å². The Morgan fingerprint density at radius 1 is 1.40 bits per heavy atom. The normalized spacial score (nSPS) is 13.7. The molecule has 0 aliphatic carbocycles. The van der Waals surface area contributed by atoms with Gasteiger partial charge in [0.15, 0.2) is 5.76 Å². The molecular formula is C12H20N2O5S. The van der Waals surface area contributed by atoms with Crippen LogP contribution in [0.5, 0.6) is 0 Å². The number of aryl methyl sites for hydroxylation is 2. The average Bonchev–Trinajstić information content (AvgIpc) is 2.64. The minimum atomic E-state index is -3.81. The number of nitrogens with one attached hydrogen (secondary N) is 1. The highest BCUT2D eigenvalue weighted by molar-refractivity contribution is 7.89. The number of sulfonamides is 1. The summed E-state index contributed by atoms with van der Waals surface area (Å²) in [6.07, 6.45) is 0.402. The first-order valence-electron chi connectivity index (χ1n) is 6.30. The van der Waals surface area contributed by atoms with Crippen molar-refractivity contribution in [3.63, 3.8) is 0 Å². The second-order valence-corrected chi connectivity index (χ2v) is 6.87. The summed E-state index contributed by atoms with van der Waals surface area (Å²) in [5.41, 5.74) is 0.255. The Hall–Kier alpha value is -1.41. The minimum Gasteiger partial charge on any atom is -0.481 e. The highest BCUT2D eigenvalue weighted by Crippen LogP contribution is 2.19. The molecule has 0 spiro atoms. The number of carboxylic acids is 1. The summed E-state index contributed by atoms with van der Waals surface area (Å²) in [6, 6.07) is 0. The summed E-state index contributed by atoms with van der Waals surface area (Å²) in [6.45, 7) is 6.64. The molecule has 0 bridgehead atoms. The van der Waals surface area contributed by atoms with E-state index < -0.39 is 21.9 Å². The van der Waals surface area contributed by atoms with Gasteiger partial charge in [0.25, 0.3) is 0 Å². The van der Waals surface area contributed by atoms with Gasteiger partial charge in [-0.05, 0) is 26.2 Å². The number of aliphatic carboxylic acids is 1. The fraction of sp³-hybridized carbons (Fsp3) is 0.667. The van der Waals surface area contributed by atoms with Crippen LogP contribution in [0.15, 0.2) is 9.42 Å². The van der Waals surface area contributed by atoms with E-state index in [-0.39, 0.29) is 28.8 Å². The van der Waals surface area contributed by atoms with Gasteiger partial charge < -0.3 is 9.63 Å². The largest absolute Gasteiger partial charge is 0.481 e. The number of hydrogen-bond acceptors (Lipinski definition) is 5. The van der Waals surface area contributed by atoms with E-state index in [1.807, 2.05) is 13.8 Å². The Kier molecular flexibility index (Phi) is 5.29. The van der Waals surface area contributed by atoms with Gasteiger partial charge in [-0.2, -0.15) is 0 Å². The van der Waals surface area contributed by atoms with Crippen molar-refractivity contribution in [2.75, 3.05) is 6.54 Å².